The van der Waals surface area contributed by atoms with Crippen molar-refractivity contribution < 1.29 is 31.8 Å². The van der Waals surface area contributed by atoms with Crippen molar-refractivity contribution in [2.24, 2.45) is 0 Å². The summed E-state index contributed by atoms with van der Waals surface area (Å²) in [5, 5.41) is 14.4. The van der Waals surface area contributed by atoms with Gasteiger partial charge in [-0.15, -0.1) is 0 Å². The number of sulfonamides is 1. The van der Waals surface area contributed by atoms with Gasteiger partial charge in [0.05, 0.1) is 42.2 Å². The van der Waals surface area contributed by atoms with Crippen LogP contribution in [0, 0.1) is 0 Å². The van der Waals surface area contributed by atoms with Gasteiger partial charge in [0.25, 0.3) is 10.0 Å². The van der Waals surface area contributed by atoms with Gasteiger partial charge in [0, 0.05) is 43.3 Å². The molecule has 2 N–H and O–H groups in total. The standard InChI is InChI=1S/C27H31F2N5O5S/c1-16-12-33(13-17(2)39-16)25-5-3-4-22(31-25)18-6-7-19-11-30-21(9-20(19)8-18)10-26(36)32-23-14-34(15-24(23)35)40(37,38)27(28)29/h3-9,11,16-17,23-24,27,35H,10,12-15H2,1-2H3,(H,32,36)/t16-,17+,23-,24-/m0/s1. The molecule has 10 nitrogen and oxygen atoms in total. The Morgan fingerprint density at radius 3 is 2.58 bits per heavy atom. The molecule has 40 heavy (non-hydrogen) atoms. The number of halogens is 2. The third kappa shape index (κ3) is 6.07. The van der Waals surface area contributed by atoms with Gasteiger partial charge in [0.15, 0.2) is 0 Å². The quantitative estimate of drug-likeness (QED) is 0.439. The summed E-state index contributed by atoms with van der Waals surface area (Å²) in [4.78, 5) is 24.1. The van der Waals surface area contributed by atoms with Gasteiger partial charge >= 0.3 is 5.76 Å². The second-order valence-corrected chi connectivity index (χ2v) is 12.2. The second kappa shape index (κ2) is 11.3. The third-order valence-corrected chi connectivity index (χ3v) is 8.55. The zero-order valence-corrected chi connectivity index (χ0v) is 22.9. The minimum absolute atomic E-state index is 0.111. The number of carbonyl (C=O) groups excluding carboxylic acids is 1. The number of carbonyl (C=O) groups is 1. The lowest BCUT2D eigenvalue weighted by Crippen LogP contribution is -2.45. The fourth-order valence-corrected chi connectivity index (χ4v) is 6.16. The fourth-order valence-electron chi connectivity index (χ4n) is 5.20. The topological polar surface area (TPSA) is 125 Å². The van der Waals surface area contributed by atoms with Crippen molar-refractivity contribution >= 4 is 32.5 Å². The summed E-state index contributed by atoms with van der Waals surface area (Å²) in [6.07, 6.45) is 0.450. The molecule has 2 aromatic heterocycles. The molecule has 4 atom stereocenters. The number of hydrogen-bond donors (Lipinski definition) is 2. The van der Waals surface area contributed by atoms with E-state index >= 15 is 0 Å². The van der Waals surface area contributed by atoms with E-state index in [2.05, 4.69) is 15.2 Å². The zero-order chi connectivity index (χ0) is 28.6. The number of morpholine rings is 1. The molecule has 0 aliphatic carbocycles. The van der Waals surface area contributed by atoms with Crippen LogP contribution in [-0.2, 0) is 26.0 Å². The summed E-state index contributed by atoms with van der Waals surface area (Å²) in [6.45, 7) is 4.67. The van der Waals surface area contributed by atoms with E-state index in [1.54, 1.807) is 12.3 Å². The molecule has 0 radical (unpaired) electrons. The van der Waals surface area contributed by atoms with Crippen molar-refractivity contribution in [3.63, 3.8) is 0 Å². The van der Waals surface area contributed by atoms with Crippen LogP contribution in [0.1, 0.15) is 19.5 Å². The lowest BCUT2D eigenvalue weighted by molar-refractivity contribution is -0.121. The van der Waals surface area contributed by atoms with Crippen molar-refractivity contribution in [1.82, 2.24) is 19.6 Å². The normalized spacial score (nSPS) is 24.1. The second-order valence-electron chi connectivity index (χ2n) is 10.3. The minimum Gasteiger partial charge on any atom is -0.390 e. The van der Waals surface area contributed by atoms with Gasteiger partial charge in [-0.2, -0.15) is 13.1 Å². The van der Waals surface area contributed by atoms with E-state index in [4.69, 9.17) is 9.72 Å². The Bertz CT molecular complexity index is 1500. The number of fused-ring (bicyclic) bond motifs is 1. The summed E-state index contributed by atoms with van der Waals surface area (Å²) < 4.78 is 55.4. The molecule has 2 aliphatic heterocycles. The predicted molar refractivity (Wildman–Crippen MR) is 145 cm³/mol. The molecule has 5 rings (SSSR count). The maximum Gasteiger partial charge on any atom is 0.350 e. The van der Waals surface area contributed by atoms with Crippen LogP contribution in [0.3, 0.4) is 0 Å². The van der Waals surface area contributed by atoms with E-state index in [1.807, 2.05) is 50.2 Å². The molecule has 0 bridgehead atoms. The summed E-state index contributed by atoms with van der Waals surface area (Å²) >= 11 is 0. The SMILES string of the molecule is C[C@@H]1CN(c2cccc(-c3ccc4cnc(CC(=O)N[C@H]5CN(S(=O)(=O)C(F)F)C[C@@H]5O)cc4c3)n2)C[C@H](C)O1. The predicted octanol–water partition coefficient (Wildman–Crippen LogP) is 2.17. The van der Waals surface area contributed by atoms with Crippen molar-refractivity contribution in [2.75, 3.05) is 31.1 Å². The Labute approximate surface area is 231 Å². The Hall–Kier alpha value is -3.26. The average Bonchev–Trinajstić information content (AvgIpc) is 3.28. The van der Waals surface area contributed by atoms with Crippen LogP contribution in [0.15, 0.2) is 48.7 Å². The number of rotatable bonds is 7. The molecule has 2 fully saturated rings. The van der Waals surface area contributed by atoms with Crippen molar-refractivity contribution in [3.05, 3.63) is 54.4 Å². The molecular weight excluding hydrogens is 544 g/mol. The smallest absolute Gasteiger partial charge is 0.350 e. The van der Waals surface area contributed by atoms with E-state index in [9.17, 15) is 27.1 Å². The van der Waals surface area contributed by atoms with Gasteiger partial charge in [0.2, 0.25) is 5.91 Å². The number of alkyl halides is 2. The molecule has 2 aliphatic rings. The van der Waals surface area contributed by atoms with Crippen LogP contribution >= 0.6 is 0 Å². The zero-order valence-electron chi connectivity index (χ0n) is 22.1. The molecule has 3 aromatic rings. The highest BCUT2D eigenvalue weighted by Gasteiger charge is 2.42. The van der Waals surface area contributed by atoms with Crippen molar-refractivity contribution in [3.8, 4) is 11.3 Å². The Balaban J connectivity index is 1.29. The molecule has 0 unspecified atom stereocenters. The first-order chi connectivity index (χ1) is 19.0. The number of aromatic nitrogens is 2. The number of anilines is 1. The van der Waals surface area contributed by atoms with Crippen molar-refractivity contribution in [1.29, 1.82) is 0 Å². The van der Waals surface area contributed by atoms with E-state index in [1.165, 1.54) is 0 Å². The summed E-state index contributed by atoms with van der Waals surface area (Å²) in [5.41, 5.74) is 2.17. The number of ether oxygens (including phenoxy) is 1. The molecule has 4 heterocycles. The van der Waals surface area contributed by atoms with Gasteiger partial charge in [-0.25, -0.2) is 13.4 Å². The number of hydrogen-bond acceptors (Lipinski definition) is 8. The van der Waals surface area contributed by atoms with E-state index in [-0.39, 0.29) is 18.6 Å². The number of β-amino-alcohol motifs (C(OH)–C–C–N with tert-alkyl or cyclic N) is 1. The number of aliphatic hydroxyl groups is 1. The van der Waals surface area contributed by atoms with Crippen LogP contribution in [0.5, 0.6) is 0 Å². The third-order valence-electron chi connectivity index (χ3n) is 7.08. The first-order valence-electron chi connectivity index (χ1n) is 13.0. The number of nitrogens with zero attached hydrogens (tertiary/aromatic N) is 4. The minimum atomic E-state index is -4.84. The largest absolute Gasteiger partial charge is 0.390 e. The van der Waals surface area contributed by atoms with E-state index in [0.29, 0.717) is 10.00 Å². The van der Waals surface area contributed by atoms with Crippen molar-refractivity contribution in [2.45, 2.75) is 50.4 Å². The van der Waals surface area contributed by atoms with Gasteiger partial charge in [-0.05, 0) is 43.5 Å². The highest BCUT2D eigenvalue weighted by atomic mass is 32.2. The monoisotopic (exact) mass is 575 g/mol. The molecule has 2 saturated heterocycles. The van der Waals surface area contributed by atoms with Crippen LogP contribution in [0.4, 0.5) is 14.6 Å². The summed E-state index contributed by atoms with van der Waals surface area (Å²) in [7, 11) is -4.84. The van der Waals surface area contributed by atoms with E-state index in [0.717, 1.165) is 40.9 Å². The fraction of sp³-hybridized carbons (Fsp3) is 0.444. The number of pyridine rings is 2. The molecule has 1 amide bonds. The van der Waals surface area contributed by atoms with E-state index < -0.39 is 46.9 Å². The van der Waals surface area contributed by atoms with Gasteiger partial charge in [0.1, 0.15) is 5.82 Å². The lowest BCUT2D eigenvalue weighted by Gasteiger charge is -2.36. The number of amides is 1. The van der Waals surface area contributed by atoms with Crippen LogP contribution in [0.25, 0.3) is 22.0 Å². The van der Waals surface area contributed by atoms with Crippen LogP contribution in [0.2, 0.25) is 0 Å². The van der Waals surface area contributed by atoms with Gasteiger partial charge in [-0.1, -0.05) is 18.2 Å². The highest BCUT2D eigenvalue weighted by molar-refractivity contribution is 7.89. The molecule has 13 heteroatoms. The molecular formula is C27H31F2N5O5S. The Kier molecular flexibility index (Phi) is 8.00. The van der Waals surface area contributed by atoms with Gasteiger partial charge < -0.3 is 20.1 Å². The lowest BCUT2D eigenvalue weighted by atomic mass is 10.0. The maximum absolute atomic E-state index is 12.8. The summed E-state index contributed by atoms with van der Waals surface area (Å²) in [5.74, 6) is -3.22. The van der Waals surface area contributed by atoms with Crippen LogP contribution < -0.4 is 10.2 Å². The first kappa shape index (κ1) is 28.3. The average molecular weight is 576 g/mol. The molecule has 0 spiro atoms. The number of aliphatic hydroxyl groups excluding tert-OH is 1. The van der Waals surface area contributed by atoms with Gasteiger partial charge in [-0.3, -0.25) is 9.78 Å². The molecule has 1 aromatic carbocycles. The maximum atomic E-state index is 12.8. The Morgan fingerprint density at radius 2 is 1.85 bits per heavy atom. The summed E-state index contributed by atoms with van der Waals surface area (Å²) in [6, 6.07) is 12.6. The Morgan fingerprint density at radius 1 is 1.10 bits per heavy atom. The first-order valence-corrected chi connectivity index (χ1v) is 14.5. The highest BCUT2D eigenvalue weighted by Crippen LogP contribution is 2.27. The van der Waals surface area contributed by atoms with Crippen LogP contribution in [-0.4, -0.2) is 90.0 Å². The number of benzene rings is 1. The molecule has 0 saturated carbocycles. The molecule has 214 valence electrons. The number of nitrogens with one attached hydrogen (secondary N) is 1.